The van der Waals surface area contributed by atoms with Gasteiger partial charge in [0.2, 0.25) is 5.91 Å². The second-order valence-electron chi connectivity index (χ2n) is 4.59. The summed E-state index contributed by atoms with van der Waals surface area (Å²) in [6.45, 7) is 2.01. The Morgan fingerprint density at radius 2 is 2.36 bits per heavy atom. The Balaban J connectivity index is 1.61. The molecule has 0 spiro atoms. The zero-order chi connectivity index (χ0) is 10.0. The van der Waals surface area contributed by atoms with Crippen molar-refractivity contribution in [3.63, 3.8) is 0 Å². The maximum atomic E-state index is 10.9. The van der Waals surface area contributed by atoms with Gasteiger partial charge in [0.25, 0.3) is 0 Å². The molecule has 3 N–H and O–H groups in total. The Labute approximate surface area is 84.1 Å². The molecule has 2 aliphatic rings. The molecule has 80 valence electrons. The topological polar surface area (TPSA) is 61.4 Å². The van der Waals surface area contributed by atoms with Gasteiger partial charge in [-0.3, -0.25) is 4.79 Å². The second kappa shape index (κ2) is 3.87. The van der Waals surface area contributed by atoms with Crippen LogP contribution in [0, 0.1) is 5.41 Å². The Kier molecular flexibility index (Phi) is 2.74. The molecule has 0 aromatic heterocycles. The van der Waals surface area contributed by atoms with Crippen molar-refractivity contribution in [2.75, 3.05) is 19.7 Å². The van der Waals surface area contributed by atoms with Gasteiger partial charge in [-0.25, -0.2) is 0 Å². The Morgan fingerprint density at radius 3 is 2.86 bits per heavy atom. The van der Waals surface area contributed by atoms with Crippen LogP contribution in [0.15, 0.2) is 0 Å². The lowest BCUT2D eigenvalue weighted by Gasteiger charge is -2.15. The highest BCUT2D eigenvalue weighted by molar-refractivity contribution is 5.78. The number of nitrogens with one attached hydrogen (secondary N) is 2. The number of hydrogen-bond donors (Lipinski definition) is 3. The molecule has 1 amide bonds. The standard InChI is InChI=1S/C10H18N2O2/c13-7-10(3-4-10)6-11-5-8-1-2-9(14)12-8/h8,11,13H,1-7H2,(H,12,14). The first-order chi connectivity index (χ1) is 6.74. The maximum absolute atomic E-state index is 10.9. The molecule has 1 aliphatic heterocycles. The van der Waals surface area contributed by atoms with Crippen LogP contribution in [0.3, 0.4) is 0 Å². The third-order valence-electron chi connectivity index (χ3n) is 3.27. The van der Waals surface area contributed by atoms with E-state index in [-0.39, 0.29) is 17.9 Å². The fourth-order valence-corrected chi connectivity index (χ4v) is 1.91. The number of aliphatic hydroxyl groups excluding tert-OH is 1. The number of hydrogen-bond acceptors (Lipinski definition) is 3. The number of carbonyl (C=O) groups is 1. The van der Waals surface area contributed by atoms with Crippen LogP contribution in [-0.4, -0.2) is 36.8 Å². The van der Waals surface area contributed by atoms with Crippen LogP contribution in [0.4, 0.5) is 0 Å². The van der Waals surface area contributed by atoms with Gasteiger partial charge in [-0.05, 0) is 19.3 Å². The van der Waals surface area contributed by atoms with Gasteiger partial charge >= 0.3 is 0 Å². The van der Waals surface area contributed by atoms with Gasteiger partial charge in [0.05, 0.1) is 0 Å². The molecule has 4 nitrogen and oxygen atoms in total. The predicted octanol–water partition coefficient (Wildman–Crippen LogP) is -0.373. The SMILES string of the molecule is O=C1CCC(CNCC2(CO)CC2)N1. The van der Waals surface area contributed by atoms with E-state index in [0.29, 0.717) is 12.5 Å². The Hall–Kier alpha value is -0.610. The molecule has 2 fully saturated rings. The summed E-state index contributed by atoms with van der Waals surface area (Å²) in [4.78, 5) is 10.9. The lowest BCUT2D eigenvalue weighted by Crippen LogP contribution is -2.38. The minimum atomic E-state index is 0.167. The van der Waals surface area contributed by atoms with Gasteiger partial charge < -0.3 is 15.7 Å². The molecule has 1 unspecified atom stereocenters. The molecule has 0 aromatic rings. The molecule has 1 saturated heterocycles. The first-order valence-corrected chi connectivity index (χ1v) is 5.35. The van der Waals surface area contributed by atoms with E-state index in [1.54, 1.807) is 0 Å². The number of carbonyl (C=O) groups excluding carboxylic acids is 1. The van der Waals surface area contributed by atoms with Crippen LogP contribution in [-0.2, 0) is 4.79 Å². The third-order valence-corrected chi connectivity index (χ3v) is 3.27. The summed E-state index contributed by atoms with van der Waals surface area (Å²) < 4.78 is 0. The van der Waals surface area contributed by atoms with Gasteiger partial charge in [-0.2, -0.15) is 0 Å². The number of amides is 1. The molecule has 1 atom stereocenters. The summed E-state index contributed by atoms with van der Waals surface area (Å²) in [7, 11) is 0. The predicted molar refractivity (Wildman–Crippen MR) is 52.8 cm³/mol. The number of aliphatic hydroxyl groups is 1. The molecule has 14 heavy (non-hydrogen) atoms. The molecule has 1 aliphatic carbocycles. The third kappa shape index (κ3) is 2.25. The zero-order valence-electron chi connectivity index (χ0n) is 8.38. The van der Waals surface area contributed by atoms with E-state index in [0.717, 1.165) is 32.4 Å². The van der Waals surface area contributed by atoms with Crippen molar-refractivity contribution in [2.45, 2.75) is 31.7 Å². The molecule has 4 heteroatoms. The average Bonchev–Trinajstić information content (AvgIpc) is 2.84. The van der Waals surface area contributed by atoms with Gasteiger partial charge in [0.1, 0.15) is 0 Å². The Bertz CT molecular complexity index is 226. The summed E-state index contributed by atoms with van der Waals surface area (Å²) in [6.07, 6.45) is 3.87. The van der Waals surface area contributed by atoms with Crippen molar-refractivity contribution in [3.05, 3.63) is 0 Å². The fourth-order valence-electron chi connectivity index (χ4n) is 1.91. The minimum absolute atomic E-state index is 0.167. The van der Waals surface area contributed by atoms with E-state index in [1.165, 1.54) is 0 Å². The van der Waals surface area contributed by atoms with Gasteiger partial charge in [-0.1, -0.05) is 0 Å². The lowest BCUT2D eigenvalue weighted by molar-refractivity contribution is -0.119. The average molecular weight is 198 g/mol. The number of rotatable bonds is 5. The second-order valence-corrected chi connectivity index (χ2v) is 4.59. The molecule has 0 bridgehead atoms. The van der Waals surface area contributed by atoms with Crippen LogP contribution in [0.2, 0.25) is 0 Å². The van der Waals surface area contributed by atoms with Crippen LogP contribution in [0.5, 0.6) is 0 Å². The summed E-state index contributed by atoms with van der Waals surface area (Å²) in [6, 6.07) is 0.303. The van der Waals surface area contributed by atoms with Crippen LogP contribution < -0.4 is 10.6 Å². The largest absolute Gasteiger partial charge is 0.396 e. The van der Waals surface area contributed by atoms with Crippen LogP contribution >= 0.6 is 0 Å². The van der Waals surface area contributed by atoms with E-state index >= 15 is 0 Å². The molecule has 0 radical (unpaired) electrons. The summed E-state index contributed by atoms with van der Waals surface area (Å²) in [5, 5.41) is 15.3. The highest BCUT2D eigenvalue weighted by atomic mass is 16.3. The van der Waals surface area contributed by atoms with Crippen molar-refractivity contribution < 1.29 is 9.90 Å². The Morgan fingerprint density at radius 1 is 1.57 bits per heavy atom. The summed E-state index contributed by atoms with van der Waals surface area (Å²) >= 11 is 0. The van der Waals surface area contributed by atoms with Crippen LogP contribution in [0.1, 0.15) is 25.7 Å². The van der Waals surface area contributed by atoms with E-state index in [9.17, 15) is 4.79 Å². The molecule has 0 aromatic carbocycles. The van der Waals surface area contributed by atoms with E-state index in [4.69, 9.17) is 5.11 Å². The van der Waals surface area contributed by atoms with E-state index in [1.807, 2.05) is 0 Å². The molecule has 1 heterocycles. The maximum Gasteiger partial charge on any atom is 0.220 e. The van der Waals surface area contributed by atoms with Crippen LogP contribution in [0.25, 0.3) is 0 Å². The zero-order valence-corrected chi connectivity index (χ0v) is 8.38. The van der Waals surface area contributed by atoms with Gasteiger partial charge in [0, 0.05) is 37.6 Å². The highest BCUT2D eigenvalue weighted by Crippen LogP contribution is 2.44. The normalized spacial score (nSPS) is 28.9. The molecular weight excluding hydrogens is 180 g/mol. The van der Waals surface area contributed by atoms with Gasteiger partial charge in [0.15, 0.2) is 0 Å². The van der Waals surface area contributed by atoms with E-state index < -0.39 is 0 Å². The first kappa shape index (κ1) is 9.93. The summed E-state index contributed by atoms with van der Waals surface area (Å²) in [5.41, 5.74) is 0.169. The van der Waals surface area contributed by atoms with E-state index in [2.05, 4.69) is 10.6 Å². The highest BCUT2D eigenvalue weighted by Gasteiger charge is 2.41. The van der Waals surface area contributed by atoms with Crippen molar-refractivity contribution in [1.29, 1.82) is 0 Å². The van der Waals surface area contributed by atoms with Crippen molar-refractivity contribution in [2.24, 2.45) is 5.41 Å². The molecule has 2 rings (SSSR count). The monoisotopic (exact) mass is 198 g/mol. The minimum Gasteiger partial charge on any atom is -0.396 e. The molecule has 1 saturated carbocycles. The lowest BCUT2D eigenvalue weighted by atomic mass is 10.1. The van der Waals surface area contributed by atoms with Crippen molar-refractivity contribution in [3.8, 4) is 0 Å². The quantitative estimate of drug-likeness (QED) is 0.564. The first-order valence-electron chi connectivity index (χ1n) is 5.35. The van der Waals surface area contributed by atoms with Gasteiger partial charge in [-0.15, -0.1) is 0 Å². The molecular formula is C10H18N2O2. The van der Waals surface area contributed by atoms with Crippen molar-refractivity contribution in [1.82, 2.24) is 10.6 Å². The fraction of sp³-hybridized carbons (Fsp3) is 0.900. The summed E-state index contributed by atoms with van der Waals surface area (Å²) in [5.74, 6) is 0.167. The van der Waals surface area contributed by atoms with Crippen molar-refractivity contribution >= 4 is 5.91 Å². The smallest absolute Gasteiger partial charge is 0.220 e.